The van der Waals surface area contributed by atoms with Crippen molar-refractivity contribution in [1.82, 2.24) is 5.32 Å². The molecule has 1 aromatic carbocycles. The molecule has 20 heavy (non-hydrogen) atoms. The van der Waals surface area contributed by atoms with Crippen molar-refractivity contribution in [3.63, 3.8) is 0 Å². The van der Waals surface area contributed by atoms with Crippen LogP contribution in [0.2, 0.25) is 0 Å². The number of aliphatic hydroxyl groups is 1. The van der Waals surface area contributed by atoms with Crippen molar-refractivity contribution in [3.05, 3.63) is 23.8 Å². The van der Waals surface area contributed by atoms with Gasteiger partial charge in [0.15, 0.2) is 11.5 Å². The van der Waals surface area contributed by atoms with Gasteiger partial charge in [-0.25, -0.2) is 0 Å². The van der Waals surface area contributed by atoms with E-state index in [0.717, 1.165) is 24.3 Å². The van der Waals surface area contributed by atoms with Crippen molar-refractivity contribution in [3.8, 4) is 11.5 Å². The fourth-order valence-electron chi connectivity index (χ4n) is 2.23. The molecule has 0 bridgehead atoms. The van der Waals surface area contributed by atoms with Crippen LogP contribution in [0.1, 0.15) is 45.8 Å². The number of likely N-dealkylation sites (N-methyl/N-ethyl adjacent to an activating group) is 1. The van der Waals surface area contributed by atoms with Crippen LogP contribution in [-0.2, 0) is 0 Å². The van der Waals surface area contributed by atoms with Crippen LogP contribution in [0.3, 0.4) is 0 Å². The van der Waals surface area contributed by atoms with Crippen LogP contribution in [0.25, 0.3) is 0 Å². The lowest BCUT2D eigenvalue weighted by Gasteiger charge is -2.23. The summed E-state index contributed by atoms with van der Waals surface area (Å²) in [5, 5.41) is 13.8. The van der Waals surface area contributed by atoms with Crippen LogP contribution in [0, 0.1) is 0 Å². The van der Waals surface area contributed by atoms with Gasteiger partial charge in [-0.1, -0.05) is 19.9 Å². The van der Waals surface area contributed by atoms with Gasteiger partial charge in [0.25, 0.3) is 0 Å². The quantitative estimate of drug-likeness (QED) is 0.731. The van der Waals surface area contributed by atoms with Crippen LogP contribution >= 0.6 is 0 Å². The molecule has 0 amide bonds. The van der Waals surface area contributed by atoms with E-state index in [-0.39, 0.29) is 6.04 Å². The third-order valence-corrected chi connectivity index (χ3v) is 3.20. The topological polar surface area (TPSA) is 50.7 Å². The van der Waals surface area contributed by atoms with Gasteiger partial charge in [-0.05, 0) is 44.5 Å². The molecule has 0 aliphatic carbocycles. The van der Waals surface area contributed by atoms with Gasteiger partial charge in [0.1, 0.15) is 0 Å². The zero-order valence-corrected chi connectivity index (χ0v) is 13.0. The molecule has 0 fully saturated rings. The van der Waals surface area contributed by atoms with Crippen molar-refractivity contribution in [2.45, 2.75) is 46.3 Å². The molecule has 0 saturated heterocycles. The maximum Gasteiger partial charge on any atom is 0.161 e. The third-order valence-electron chi connectivity index (χ3n) is 3.20. The lowest BCUT2D eigenvalue weighted by atomic mass is 10.00. The molecule has 0 saturated carbocycles. The number of ether oxygens (including phenoxy) is 2. The fraction of sp³-hybridized carbons (Fsp3) is 0.625. The summed E-state index contributed by atoms with van der Waals surface area (Å²) in [5.74, 6) is 1.42. The number of hydrogen-bond acceptors (Lipinski definition) is 4. The largest absolute Gasteiger partial charge is 0.490 e. The summed E-state index contributed by atoms with van der Waals surface area (Å²) in [6, 6.07) is 5.69. The Morgan fingerprint density at radius 3 is 2.25 bits per heavy atom. The lowest BCUT2D eigenvalue weighted by molar-refractivity contribution is 0.126. The van der Waals surface area contributed by atoms with E-state index >= 15 is 0 Å². The second kappa shape index (κ2) is 8.82. The number of rotatable bonds is 9. The SMILES string of the molecule is CCNC(CC)C(O)c1ccc(OCC)c(OCC)c1. The highest BCUT2D eigenvalue weighted by Crippen LogP contribution is 2.32. The van der Waals surface area contributed by atoms with E-state index in [0.29, 0.717) is 19.0 Å². The molecule has 0 heterocycles. The molecule has 2 unspecified atom stereocenters. The van der Waals surface area contributed by atoms with E-state index in [2.05, 4.69) is 12.2 Å². The van der Waals surface area contributed by atoms with E-state index in [4.69, 9.17) is 9.47 Å². The molecule has 1 rings (SSSR count). The molecule has 2 atom stereocenters. The van der Waals surface area contributed by atoms with E-state index in [1.807, 2.05) is 39.0 Å². The Morgan fingerprint density at radius 2 is 1.70 bits per heavy atom. The summed E-state index contributed by atoms with van der Waals surface area (Å²) in [4.78, 5) is 0. The van der Waals surface area contributed by atoms with Crippen LogP contribution in [0.4, 0.5) is 0 Å². The van der Waals surface area contributed by atoms with Crippen molar-refractivity contribution in [2.75, 3.05) is 19.8 Å². The van der Waals surface area contributed by atoms with E-state index in [1.165, 1.54) is 0 Å². The minimum Gasteiger partial charge on any atom is -0.490 e. The Morgan fingerprint density at radius 1 is 1.05 bits per heavy atom. The first-order valence-electron chi connectivity index (χ1n) is 7.48. The van der Waals surface area contributed by atoms with E-state index in [1.54, 1.807) is 0 Å². The maximum absolute atomic E-state index is 10.5. The lowest BCUT2D eigenvalue weighted by Crippen LogP contribution is -2.34. The van der Waals surface area contributed by atoms with E-state index in [9.17, 15) is 5.11 Å². The Kier molecular flexibility index (Phi) is 7.41. The molecule has 0 aromatic heterocycles. The Balaban J connectivity index is 2.97. The number of nitrogens with one attached hydrogen (secondary N) is 1. The summed E-state index contributed by atoms with van der Waals surface area (Å²) in [6.07, 6.45) is 0.321. The standard InChI is InChI=1S/C16H27NO3/c1-5-13(17-6-2)16(18)12-9-10-14(19-7-3)15(11-12)20-8-4/h9-11,13,16-18H,5-8H2,1-4H3. The summed E-state index contributed by atoms with van der Waals surface area (Å²) >= 11 is 0. The summed E-state index contributed by atoms with van der Waals surface area (Å²) in [5.41, 5.74) is 0.852. The average Bonchev–Trinajstić information content (AvgIpc) is 2.46. The zero-order chi connectivity index (χ0) is 15.0. The molecule has 0 radical (unpaired) electrons. The predicted octanol–water partition coefficient (Wildman–Crippen LogP) is 2.91. The van der Waals surface area contributed by atoms with Crippen LogP contribution in [0.15, 0.2) is 18.2 Å². The summed E-state index contributed by atoms with van der Waals surface area (Å²) in [6.45, 7) is 9.99. The molecule has 0 aliphatic rings. The van der Waals surface area contributed by atoms with Gasteiger partial charge in [0.2, 0.25) is 0 Å². The minimum atomic E-state index is -0.546. The van der Waals surface area contributed by atoms with Gasteiger partial charge in [0.05, 0.1) is 19.3 Å². The van der Waals surface area contributed by atoms with Crippen molar-refractivity contribution >= 4 is 0 Å². The minimum absolute atomic E-state index is 0.0485. The van der Waals surface area contributed by atoms with Gasteiger partial charge >= 0.3 is 0 Å². The average molecular weight is 281 g/mol. The number of hydrogen-bond donors (Lipinski definition) is 2. The molecule has 114 valence electrons. The van der Waals surface area contributed by atoms with Crippen molar-refractivity contribution in [2.24, 2.45) is 0 Å². The Hall–Kier alpha value is -1.26. The molecule has 0 spiro atoms. The van der Waals surface area contributed by atoms with Gasteiger partial charge in [-0.3, -0.25) is 0 Å². The molecule has 1 aromatic rings. The first-order valence-corrected chi connectivity index (χ1v) is 7.48. The van der Waals surface area contributed by atoms with Gasteiger partial charge in [0, 0.05) is 6.04 Å². The highest BCUT2D eigenvalue weighted by atomic mass is 16.5. The number of benzene rings is 1. The smallest absolute Gasteiger partial charge is 0.161 e. The molecule has 4 nitrogen and oxygen atoms in total. The van der Waals surface area contributed by atoms with E-state index < -0.39 is 6.10 Å². The maximum atomic E-state index is 10.5. The van der Waals surface area contributed by atoms with Crippen LogP contribution in [-0.4, -0.2) is 30.9 Å². The number of aliphatic hydroxyl groups excluding tert-OH is 1. The normalized spacial score (nSPS) is 13.8. The van der Waals surface area contributed by atoms with Gasteiger partial charge < -0.3 is 19.9 Å². The second-order valence-corrected chi connectivity index (χ2v) is 4.59. The summed E-state index contributed by atoms with van der Waals surface area (Å²) < 4.78 is 11.1. The summed E-state index contributed by atoms with van der Waals surface area (Å²) in [7, 11) is 0. The molecule has 4 heteroatoms. The van der Waals surface area contributed by atoms with Crippen LogP contribution < -0.4 is 14.8 Å². The molecular formula is C16H27NO3. The predicted molar refractivity (Wildman–Crippen MR) is 81.5 cm³/mol. The molecule has 2 N–H and O–H groups in total. The molecular weight excluding hydrogens is 254 g/mol. The highest BCUT2D eigenvalue weighted by molar-refractivity contribution is 5.44. The van der Waals surface area contributed by atoms with Gasteiger partial charge in [-0.15, -0.1) is 0 Å². The van der Waals surface area contributed by atoms with Crippen LogP contribution in [0.5, 0.6) is 11.5 Å². The molecule has 0 aliphatic heterocycles. The third kappa shape index (κ3) is 4.39. The van der Waals surface area contributed by atoms with Gasteiger partial charge in [-0.2, -0.15) is 0 Å². The second-order valence-electron chi connectivity index (χ2n) is 4.59. The Labute approximate surface area is 122 Å². The van der Waals surface area contributed by atoms with Crippen molar-refractivity contribution < 1.29 is 14.6 Å². The first-order chi connectivity index (χ1) is 9.67. The Bertz CT molecular complexity index is 395. The fourth-order valence-corrected chi connectivity index (χ4v) is 2.23. The first kappa shape index (κ1) is 16.8. The highest BCUT2D eigenvalue weighted by Gasteiger charge is 2.19. The van der Waals surface area contributed by atoms with Crippen molar-refractivity contribution in [1.29, 1.82) is 0 Å². The monoisotopic (exact) mass is 281 g/mol. The zero-order valence-electron chi connectivity index (χ0n) is 13.0.